The summed E-state index contributed by atoms with van der Waals surface area (Å²) in [5.74, 6) is 0.310. The Kier molecular flexibility index (Phi) is 5.35. The normalized spacial score (nSPS) is 27.4. The number of likely N-dealkylation sites (tertiary alicyclic amines) is 1. The number of aryl methyl sites for hydroxylation is 1. The van der Waals surface area contributed by atoms with Crippen LogP contribution in [0.3, 0.4) is 0 Å². The minimum absolute atomic E-state index is 0.0155. The molecule has 0 aromatic heterocycles. The first-order chi connectivity index (χ1) is 13.0. The van der Waals surface area contributed by atoms with E-state index in [0.717, 1.165) is 18.7 Å². The van der Waals surface area contributed by atoms with Gasteiger partial charge >= 0.3 is 0 Å². The average Bonchev–Trinajstić information content (AvgIpc) is 3.09. The number of hydrogen-bond acceptors (Lipinski definition) is 4. The Morgan fingerprint density at radius 1 is 1.00 bits per heavy atom. The SMILES string of the molecule is Cc1ccc(CN2C[C@@H]3[C@@H](OCc4ccccc4)CCS(=O)(=O)[C@H]3C2)cc1. The number of rotatable bonds is 5. The summed E-state index contributed by atoms with van der Waals surface area (Å²) in [4.78, 5) is 2.28. The second-order valence-electron chi connectivity index (χ2n) is 7.87. The fourth-order valence-corrected chi connectivity index (χ4v) is 6.42. The highest BCUT2D eigenvalue weighted by Crippen LogP contribution is 2.35. The fraction of sp³-hybridized carbons (Fsp3) is 0.455. The summed E-state index contributed by atoms with van der Waals surface area (Å²) in [6.45, 7) is 4.83. The summed E-state index contributed by atoms with van der Waals surface area (Å²) < 4.78 is 31.5. The lowest BCUT2D eigenvalue weighted by molar-refractivity contribution is -0.000962. The maximum Gasteiger partial charge on any atom is 0.154 e. The fourth-order valence-electron chi connectivity index (χ4n) is 4.33. The molecule has 0 unspecified atom stereocenters. The lowest BCUT2D eigenvalue weighted by atomic mass is 9.98. The minimum Gasteiger partial charge on any atom is -0.373 e. The van der Waals surface area contributed by atoms with Crippen LogP contribution in [0.25, 0.3) is 0 Å². The molecule has 2 heterocycles. The Morgan fingerprint density at radius 2 is 1.74 bits per heavy atom. The average molecular weight is 386 g/mol. The lowest BCUT2D eigenvalue weighted by Crippen LogP contribution is -2.44. The minimum atomic E-state index is -3.03. The number of ether oxygens (including phenoxy) is 1. The maximum absolute atomic E-state index is 12.6. The van der Waals surface area contributed by atoms with E-state index in [4.69, 9.17) is 4.74 Å². The van der Waals surface area contributed by atoms with Crippen LogP contribution in [-0.2, 0) is 27.7 Å². The van der Waals surface area contributed by atoms with Crippen LogP contribution in [-0.4, -0.2) is 43.5 Å². The van der Waals surface area contributed by atoms with Gasteiger partial charge in [-0.25, -0.2) is 8.42 Å². The molecule has 0 saturated carbocycles. The monoisotopic (exact) mass is 385 g/mol. The van der Waals surface area contributed by atoms with E-state index >= 15 is 0 Å². The summed E-state index contributed by atoms with van der Waals surface area (Å²) in [7, 11) is -3.03. The van der Waals surface area contributed by atoms with Gasteiger partial charge in [0.05, 0.1) is 23.7 Å². The van der Waals surface area contributed by atoms with Crippen LogP contribution in [0.5, 0.6) is 0 Å². The van der Waals surface area contributed by atoms with Crippen molar-refractivity contribution in [2.75, 3.05) is 18.8 Å². The van der Waals surface area contributed by atoms with Gasteiger partial charge in [0, 0.05) is 25.6 Å². The third-order valence-electron chi connectivity index (χ3n) is 5.84. The molecule has 0 aliphatic carbocycles. The highest BCUT2D eigenvalue weighted by Gasteiger charge is 2.48. The first-order valence-electron chi connectivity index (χ1n) is 9.66. The van der Waals surface area contributed by atoms with Gasteiger partial charge in [-0.2, -0.15) is 0 Å². The molecule has 2 aromatic rings. The van der Waals surface area contributed by atoms with E-state index in [2.05, 4.69) is 48.2 Å². The Balaban J connectivity index is 1.44. The van der Waals surface area contributed by atoms with E-state index in [-0.39, 0.29) is 23.0 Å². The highest BCUT2D eigenvalue weighted by atomic mass is 32.2. The molecular weight excluding hydrogens is 358 g/mol. The van der Waals surface area contributed by atoms with Crippen LogP contribution >= 0.6 is 0 Å². The molecule has 0 radical (unpaired) electrons. The zero-order chi connectivity index (χ0) is 18.9. The number of nitrogens with zero attached hydrogens (tertiary/aromatic N) is 1. The van der Waals surface area contributed by atoms with Crippen molar-refractivity contribution in [2.45, 2.75) is 37.9 Å². The van der Waals surface area contributed by atoms with Crippen LogP contribution in [0.2, 0.25) is 0 Å². The van der Waals surface area contributed by atoms with Crippen LogP contribution in [0.1, 0.15) is 23.1 Å². The molecule has 2 aliphatic heterocycles. The Morgan fingerprint density at radius 3 is 2.48 bits per heavy atom. The van der Waals surface area contributed by atoms with Crippen LogP contribution in [0, 0.1) is 12.8 Å². The topological polar surface area (TPSA) is 46.6 Å². The van der Waals surface area contributed by atoms with Gasteiger partial charge in [0.1, 0.15) is 0 Å². The van der Waals surface area contributed by atoms with Crippen molar-refractivity contribution >= 4 is 9.84 Å². The van der Waals surface area contributed by atoms with E-state index in [1.165, 1.54) is 11.1 Å². The Hall–Kier alpha value is -1.69. The largest absolute Gasteiger partial charge is 0.373 e. The van der Waals surface area contributed by atoms with Crippen LogP contribution in [0.4, 0.5) is 0 Å². The van der Waals surface area contributed by atoms with Crippen molar-refractivity contribution < 1.29 is 13.2 Å². The molecule has 3 atom stereocenters. The summed E-state index contributed by atoms with van der Waals surface area (Å²) in [5, 5.41) is -0.294. The van der Waals surface area contributed by atoms with E-state index in [1.807, 2.05) is 18.2 Å². The summed E-state index contributed by atoms with van der Waals surface area (Å²) in [6, 6.07) is 18.6. The smallest absolute Gasteiger partial charge is 0.154 e. The van der Waals surface area contributed by atoms with Crippen LogP contribution in [0.15, 0.2) is 54.6 Å². The van der Waals surface area contributed by atoms with Gasteiger partial charge in [0.15, 0.2) is 9.84 Å². The quantitative estimate of drug-likeness (QED) is 0.793. The van der Waals surface area contributed by atoms with Gasteiger partial charge in [-0.05, 0) is 24.5 Å². The van der Waals surface area contributed by atoms with E-state index in [0.29, 0.717) is 19.6 Å². The van der Waals surface area contributed by atoms with Gasteiger partial charge in [-0.1, -0.05) is 60.2 Å². The Labute approximate surface area is 162 Å². The predicted octanol–water partition coefficient (Wildman–Crippen LogP) is 3.20. The molecular formula is C22H27NO3S. The molecule has 0 spiro atoms. The number of fused-ring (bicyclic) bond motifs is 1. The Bertz CT molecular complexity index is 864. The molecule has 5 heteroatoms. The van der Waals surface area contributed by atoms with Crippen molar-refractivity contribution in [2.24, 2.45) is 5.92 Å². The molecule has 4 nitrogen and oxygen atoms in total. The summed E-state index contributed by atoms with van der Waals surface area (Å²) in [6.07, 6.45) is 0.621. The third-order valence-corrected chi connectivity index (χ3v) is 8.07. The molecule has 144 valence electrons. The van der Waals surface area contributed by atoms with Crippen molar-refractivity contribution in [3.8, 4) is 0 Å². The van der Waals surface area contributed by atoms with Crippen LogP contribution < -0.4 is 0 Å². The number of sulfone groups is 1. The second-order valence-corrected chi connectivity index (χ2v) is 10.2. The van der Waals surface area contributed by atoms with Crippen molar-refractivity contribution in [3.63, 3.8) is 0 Å². The standard InChI is InChI=1S/C22H27NO3S/c1-17-7-9-18(10-8-17)13-23-14-20-21(11-12-27(24,25)22(20)15-23)26-16-19-5-3-2-4-6-19/h2-10,20-22H,11-16H2,1H3/t20-,21+,22+/m1/s1. The maximum atomic E-state index is 12.6. The van der Waals surface area contributed by atoms with Crippen molar-refractivity contribution in [1.29, 1.82) is 0 Å². The molecule has 2 fully saturated rings. The van der Waals surface area contributed by atoms with Gasteiger partial charge < -0.3 is 4.74 Å². The molecule has 2 aliphatic rings. The first-order valence-corrected chi connectivity index (χ1v) is 11.4. The van der Waals surface area contributed by atoms with Gasteiger partial charge in [0.25, 0.3) is 0 Å². The van der Waals surface area contributed by atoms with Crippen molar-refractivity contribution in [3.05, 3.63) is 71.3 Å². The van der Waals surface area contributed by atoms with Crippen molar-refractivity contribution in [1.82, 2.24) is 4.90 Å². The zero-order valence-corrected chi connectivity index (χ0v) is 16.6. The van der Waals surface area contributed by atoms with E-state index < -0.39 is 9.84 Å². The lowest BCUT2D eigenvalue weighted by Gasteiger charge is -2.32. The molecule has 0 bridgehead atoms. The van der Waals surface area contributed by atoms with Gasteiger partial charge in [-0.15, -0.1) is 0 Å². The van der Waals surface area contributed by atoms with E-state index in [1.54, 1.807) is 0 Å². The third kappa shape index (κ3) is 4.26. The van der Waals surface area contributed by atoms with Gasteiger partial charge in [-0.3, -0.25) is 4.90 Å². The highest BCUT2D eigenvalue weighted by molar-refractivity contribution is 7.92. The van der Waals surface area contributed by atoms with E-state index in [9.17, 15) is 8.42 Å². The summed E-state index contributed by atoms with van der Waals surface area (Å²) in [5.41, 5.74) is 3.61. The number of benzene rings is 2. The zero-order valence-electron chi connectivity index (χ0n) is 15.8. The number of hydrogen-bond donors (Lipinski definition) is 0. The molecule has 4 rings (SSSR count). The second kappa shape index (κ2) is 7.74. The van der Waals surface area contributed by atoms with Gasteiger partial charge in [0.2, 0.25) is 0 Å². The molecule has 2 aromatic carbocycles. The molecule has 0 amide bonds. The molecule has 2 saturated heterocycles. The molecule has 0 N–H and O–H groups in total. The summed E-state index contributed by atoms with van der Waals surface area (Å²) >= 11 is 0. The molecule has 27 heavy (non-hydrogen) atoms. The predicted molar refractivity (Wildman–Crippen MR) is 107 cm³/mol. The first kappa shape index (κ1) is 18.7.